The minimum absolute atomic E-state index is 0.0432. The molecular weight excluding hydrogens is 326 g/mol. The highest BCUT2D eigenvalue weighted by molar-refractivity contribution is 7.92. The number of piperidine rings is 1. The van der Waals surface area contributed by atoms with Crippen molar-refractivity contribution in [2.75, 3.05) is 38.3 Å². The molecule has 1 fully saturated rings. The van der Waals surface area contributed by atoms with E-state index in [1.54, 1.807) is 0 Å². The predicted octanol–water partition coefficient (Wildman–Crippen LogP) is 1.84. The number of hydrogen-bond donors (Lipinski definition) is 0. The summed E-state index contributed by atoms with van der Waals surface area (Å²) in [7, 11) is 0.429. The Morgan fingerprint density at radius 3 is 2.64 bits per heavy atom. The van der Waals surface area contributed by atoms with Crippen LogP contribution in [0, 0.1) is 16.0 Å². The predicted molar refractivity (Wildman–Crippen MR) is 87.6 cm³/mol. The SMILES string of the molecule is C[C@H]1CN(C)CC[C@@H]1N(C)c1sc(S(C)(=O)=O)cc1[N+](=O)[O-]. The van der Waals surface area contributed by atoms with E-state index in [4.69, 9.17) is 0 Å². The average molecular weight is 347 g/mol. The first kappa shape index (κ1) is 17.2. The van der Waals surface area contributed by atoms with E-state index in [1.807, 2.05) is 11.9 Å². The second-order valence-electron chi connectivity index (χ2n) is 5.99. The van der Waals surface area contributed by atoms with Gasteiger partial charge in [-0.2, -0.15) is 0 Å². The van der Waals surface area contributed by atoms with Gasteiger partial charge in [-0.1, -0.05) is 18.3 Å². The third-order valence-electron chi connectivity index (χ3n) is 4.11. The van der Waals surface area contributed by atoms with Crippen molar-refractivity contribution in [3.63, 3.8) is 0 Å². The number of hydrogen-bond acceptors (Lipinski definition) is 7. The van der Waals surface area contributed by atoms with E-state index < -0.39 is 14.8 Å². The Balaban J connectivity index is 2.38. The summed E-state index contributed by atoms with van der Waals surface area (Å²) >= 11 is 0.982. The van der Waals surface area contributed by atoms with E-state index in [0.717, 1.165) is 37.1 Å². The summed E-state index contributed by atoms with van der Waals surface area (Å²) in [4.78, 5) is 14.9. The molecule has 0 spiro atoms. The zero-order chi connectivity index (χ0) is 16.7. The topological polar surface area (TPSA) is 83.8 Å². The van der Waals surface area contributed by atoms with Crippen LogP contribution >= 0.6 is 11.3 Å². The highest BCUT2D eigenvalue weighted by Gasteiger charge is 2.33. The van der Waals surface area contributed by atoms with Crippen molar-refractivity contribution in [1.82, 2.24) is 4.90 Å². The van der Waals surface area contributed by atoms with Crippen molar-refractivity contribution in [2.24, 2.45) is 5.92 Å². The van der Waals surface area contributed by atoms with E-state index >= 15 is 0 Å². The molecule has 0 aromatic carbocycles. The van der Waals surface area contributed by atoms with E-state index in [-0.39, 0.29) is 15.9 Å². The van der Waals surface area contributed by atoms with Crippen LogP contribution in [0.4, 0.5) is 10.7 Å². The second-order valence-corrected chi connectivity index (χ2v) is 9.26. The minimum atomic E-state index is -3.45. The van der Waals surface area contributed by atoms with Crippen LogP contribution in [0.15, 0.2) is 10.3 Å². The number of likely N-dealkylation sites (tertiary alicyclic amines) is 1. The van der Waals surface area contributed by atoms with Crippen molar-refractivity contribution in [3.05, 3.63) is 16.2 Å². The van der Waals surface area contributed by atoms with Gasteiger partial charge in [0, 0.05) is 32.0 Å². The molecule has 0 saturated carbocycles. The first-order valence-electron chi connectivity index (χ1n) is 7.01. The molecule has 9 heteroatoms. The molecule has 1 aliphatic heterocycles. The van der Waals surface area contributed by atoms with Crippen LogP contribution in [0.1, 0.15) is 13.3 Å². The van der Waals surface area contributed by atoms with Gasteiger partial charge in [-0.3, -0.25) is 10.1 Å². The Kier molecular flexibility index (Phi) is 4.78. The summed E-state index contributed by atoms with van der Waals surface area (Å²) in [5.41, 5.74) is -0.126. The van der Waals surface area contributed by atoms with Gasteiger partial charge < -0.3 is 9.80 Å². The van der Waals surface area contributed by atoms with Gasteiger partial charge in [0.2, 0.25) is 0 Å². The quantitative estimate of drug-likeness (QED) is 0.610. The molecule has 1 aliphatic rings. The first-order valence-corrected chi connectivity index (χ1v) is 9.71. The zero-order valence-corrected chi connectivity index (χ0v) is 14.8. The maximum Gasteiger partial charge on any atom is 0.305 e. The minimum Gasteiger partial charge on any atom is -0.357 e. The lowest BCUT2D eigenvalue weighted by Gasteiger charge is -2.40. The van der Waals surface area contributed by atoms with Crippen LogP contribution in [0.3, 0.4) is 0 Å². The Morgan fingerprint density at radius 1 is 1.50 bits per heavy atom. The van der Waals surface area contributed by atoms with E-state index in [2.05, 4.69) is 18.9 Å². The first-order chi connectivity index (χ1) is 10.1. The Bertz CT molecular complexity index is 671. The van der Waals surface area contributed by atoms with Gasteiger partial charge in [0.15, 0.2) is 14.8 Å². The van der Waals surface area contributed by atoms with Crippen LogP contribution < -0.4 is 4.90 Å². The van der Waals surface area contributed by atoms with E-state index in [9.17, 15) is 18.5 Å². The van der Waals surface area contributed by atoms with E-state index in [0.29, 0.717) is 10.9 Å². The summed E-state index contributed by atoms with van der Waals surface area (Å²) in [5.74, 6) is 0.354. The fraction of sp³-hybridized carbons (Fsp3) is 0.692. The van der Waals surface area contributed by atoms with Gasteiger partial charge in [0.05, 0.1) is 4.92 Å². The molecule has 0 N–H and O–H groups in total. The van der Waals surface area contributed by atoms with Gasteiger partial charge >= 0.3 is 5.69 Å². The molecule has 2 heterocycles. The van der Waals surface area contributed by atoms with Gasteiger partial charge in [0.25, 0.3) is 0 Å². The molecule has 2 rings (SSSR count). The molecule has 1 saturated heterocycles. The standard InChI is InChI=1S/C13H21N3O4S2/c1-9-8-14(2)6-5-10(9)15(3)13-11(16(17)18)7-12(21-13)22(4,19)20/h7,9-10H,5-6,8H2,1-4H3/t9-,10-/m0/s1. The summed E-state index contributed by atoms with van der Waals surface area (Å²) in [5, 5.41) is 11.7. The van der Waals surface area contributed by atoms with Gasteiger partial charge in [-0.25, -0.2) is 8.42 Å². The molecule has 2 atom stereocenters. The molecule has 0 aliphatic carbocycles. The molecule has 1 aromatic rings. The van der Waals surface area contributed by atoms with Crippen LogP contribution in [0.2, 0.25) is 0 Å². The van der Waals surface area contributed by atoms with Gasteiger partial charge in [-0.15, -0.1) is 0 Å². The van der Waals surface area contributed by atoms with Crippen LogP contribution in [-0.2, 0) is 9.84 Å². The number of rotatable bonds is 4. The summed E-state index contributed by atoms with van der Waals surface area (Å²) in [6.07, 6.45) is 1.97. The smallest absolute Gasteiger partial charge is 0.305 e. The fourth-order valence-electron chi connectivity index (χ4n) is 2.98. The molecule has 0 amide bonds. The summed E-state index contributed by atoms with van der Waals surface area (Å²) < 4.78 is 23.4. The van der Waals surface area contributed by atoms with Crippen molar-refractivity contribution >= 4 is 31.9 Å². The average Bonchev–Trinajstić information content (AvgIpc) is 2.82. The molecule has 22 heavy (non-hydrogen) atoms. The van der Waals surface area contributed by atoms with Gasteiger partial charge in [-0.05, 0) is 25.9 Å². The third kappa shape index (κ3) is 3.41. The highest BCUT2D eigenvalue weighted by Crippen LogP contribution is 2.41. The van der Waals surface area contributed by atoms with Crippen LogP contribution in [0.5, 0.6) is 0 Å². The molecule has 0 radical (unpaired) electrons. The van der Waals surface area contributed by atoms with Crippen LogP contribution in [0.25, 0.3) is 0 Å². The fourth-order valence-corrected chi connectivity index (χ4v) is 5.03. The Hall–Kier alpha value is -1.19. The summed E-state index contributed by atoms with van der Waals surface area (Å²) in [6, 6.07) is 1.34. The molecule has 124 valence electrons. The maximum absolute atomic E-state index is 11.7. The Labute approximate surface area is 134 Å². The lowest BCUT2D eigenvalue weighted by atomic mass is 9.93. The maximum atomic E-state index is 11.7. The molecule has 1 aromatic heterocycles. The number of sulfone groups is 1. The number of nitrogens with zero attached hydrogens (tertiary/aromatic N) is 3. The van der Waals surface area contributed by atoms with Crippen molar-refractivity contribution in [3.8, 4) is 0 Å². The lowest BCUT2D eigenvalue weighted by molar-refractivity contribution is -0.383. The van der Waals surface area contributed by atoms with Crippen molar-refractivity contribution in [1.29, 1.82) is 0 Å². The molecule has 0 bridgehead atoms. The van der Waals surface area contributed by atoms with Crippen molar-refractivity contribution < 1.29 is 13.3 Å². The number of nitro groups is 1. The molecular formula is C13H21N3O4S2. The largest absolute Gasteiger partial charge is 0.357 e. The zero-order valence-electron chi connectivity index (χ0n) is 13.1. The highest BCUT2D eigenvalue weighted by atomic mass is 32.2. The number of thiophene rings is 1. The van der Waals surface area contributed by atoms with Crippen LogP contribution in [-0.4, -0.2) is 57.7 Å². The molecule has 0 unspecified atom stereocenters. The molecule has 7 nitrogen and oxygen atoms in total. The second kappa shape index (κ2) is 6.13. The third-order valence-corrected chi connectivity index (χ3v) is 7.13. The van der Waals surface area contributed by atoms with Crippen molar-refractivity contribution in [2.45, 2.75) is 23.6 Å². The lowest BCUT2D eigenvalue weighted by Crippen LogP contribution is -2.47. The van der Waals surface area contributed by atoms with Gasteiger partial charge in [0.1, 0.15) is 4.21 Å². The monoisotopic (exact) mass is 347 g/mol. The number of anilines is 1. The Morgan fingerprint density at radius 2 is 2.14 bits per heavy atom. The van der Waals surface area contributed by atoms with E-state index in [1.165, 1.54) is 6.07 Å². The normalized spacial score (nSPS) is 23.5. The summed E-state index contributed by atoms with van der Waals surface area (Å²) in [6.45, 7) is 3.97.